The first-order valence-electron chi connectivity index (χ1n) is 7.82. The van der Waals surface area contributed by atoms with Crippen molar-refractivity contribution in [1.82, 2.24) is 9.55 Å². The molecule has 0 saturated carbocycles. The molecule has 1 aromatic heterocycles. The summed E-state index contributed by atoms with van der Waals surface area (Å²) in [4.78, 5) is 4.50. The van der Waals surface area contributed by atoms with Crippen molar-refractivity contribution >= 4 is 11.0 Å². The maximum atomic E-state index is 12.4. The highest BCUT2D eigenvalue weighted by atomic mass is 19.4. The molecule has 132 valence electrons. The van der Waals surface area contributed by atoms with E-state index in [-0.39, 0.29) is 11.9 Å². The lowest BCUT2D eigenvalue weighted by atomic mass is 10.2. The molecule has 2 heterocycles. The van der Waals surface area contributed by atoms with Crippen molar-refractivity contribution in [1.29, 1.82) is 0 Å². The minimum Gasteiger partial charge on any atom is -0.406 e. The number of hydrogen-bond acceptors (Lipinski definition) is 4. The Morgan fingerprint density at radius 3 is 2.88 bits per heavy atom. The molecule has 24 heavy (non-hydrogen) atoms. The van der Waals surface area contributed by atoms with Gasteiger partial charge in [0.15, 0.2) is 0 Å². The number of methoxy groups -OCH3 is 1. The SMILES string of the molecule is COCCn1c(CC2CCCO2)nc2cc(OC(F)(F)F)ccc21. The van der Waals surface area contributed by atoms with Crippen molar-refractivity contribution in [2.45, 2.75) is 38.3 Å². The van der Waals surface area contributed by atoms with Gasteiger partial charge in [-0.05, 0) is 25.0 Å². The second kappa shape index (κ2) is 6.98. The van der Waals surface area contributed by atoms with E-state index in [1.54, 1.807) is 13.2 Å². The van der Waals surface area contributed by atoms with Gasteiger partial charge < -0.3 is 18.8 Å². The number of fused-ring (bicyclic) bond motifs is 1. The van der Waals surface area contributed by atoms with Gasteiger partial charge in [0.2, 0.25) is 0 Å². The van der Waals surface area contributed by atoms with Gasteiger partial charge in [0, 0.05) is 32.7 Å². The van der Waals surface area contributed by atoms with Crippen molar-refractivity contribution in [3.63, 3.8) is 0 Å². The van der Waals surface area contributed by atoms with Gasteiger partial charge >= 0.3 is 6.36 Å². The molecule has 0 aliphatic carbocycles. The molecule has 0 spiro atoms. The monoisotopic (exact) mass is 344 g/mol. The maximum Gasteiger partial charge on any atom is 0.573 e. The van der Waals surface area contributed by atoms with Crippen LogP contribution in [0.4, 0.5) is 13.2 Å². The van der Waals surface area contributed by atoms with Crippen LogP contribution >= 0.6 is 0 Å². The number of ether oxygens (including phenoxy) is 3. The fraction of sp³-hybridized carbons (Fsp3) is 0.562. The lowest BCUT2D eigenvalue weighted by Crippen LogP contribution is -2.17. The van der Waals surface area contributed by atoms with Crippen LogP contribution in [0.2, 0.25) is 0 Å². The average molecular weight is 344 g/mol. The number of hydrogen-bond donors (Lipinski definition) is 0. The van der Waals surface area contributed by atoms with Gasteiger partial charge in [-0.2, -0.15) is 0 Å². The molecule has 0 bridgehead atoms. The van der Waals surface area contributed by atoms with Crippen LogP contribution in [0.15, 0.2) is 18.2 Å². The number of benzene rings is 1. The summed E-state index contributed by atoms with van der Waals surface area (Å²) in [6, 6.07) is 4.21. The van der Waals surface area contributed by atoms with E-state index in [4.69, 9.17) is 9.47 Å². The summed E-state index contributed by atoms with van der Waals surface area (Å²) in [5.74, 6) is 0.521. The molecule has 1 fully saturated rings. The van der Waals surface area contributed by atoms with Crippen LogP contribution in [0.5, 0.6) is 5.75 Å². The van der Waals surface area contributed by atoms with E-state index in [1.165, 1.54) is 12.1 Å². The van der Waals surface area contributed by atoms with Crippen LogP contribution in [-0.4, -0.2) is 42.3 Å². The zero-order chi connectivity index (χ0) is 17.2. The first kappa shape index (κ1) is 17.0. The Labute approximate surface area is 137 Å². The fourth-order valence-electron chi connectivity index (χ4n) is 2.95. The molecule has 5 nitrogen and oxygen atoms in total. The van der Waals surface area contributed by atoms with E-state index in [0.717, 1.165) is 30.8 Å². The van der Waals surface area contributed by atoms with E-state index in [2.05, 4.69) is 9.72 Å². The lowest BCUT2D eigenvalue weighted by Gasteiger charge is -2.12. The summed E-state index contributed by atoms with van der Waals surface area (Å²) in [5.41, 5.74) is 1.23. The number of halogens is 3. The average Bonchev–Trinajstić information content (AvgIpc) is 3.11. The highest BCUT2D eigenvalue weighted by Gasteiger charge is 2.31. The molecule has 0 N–H and O–H groups in total. The molecule has 1 aliphatic rings. The number of imidazole rings is 1. The topological polar surface area (TPSA) is 45.5 Å². The van der Waals surface area contributed by atoms with E-state index in [0.29, 0.717) is 25.1 Å². The third kappa shape index (κ3) is 3.99. The molecular formula is C16H19F3N2O3. The van der Waals surface area contributed by atoms with Crippen LogP contribution in [0.3, 0.4) is 0 Å². The fourth-order valence-corrected chi connectivity index (χ4v) is 2.95. The standard InChI is InChI=1S/C16H19F3N2O3/c1-22-8-6-21-14-5-4-12(24-16(17,18)19)9-13(14)20-15(21)10-11-3-2-7-23-11/h4-5,9,11H,2-3,6-8,10H2,1H3. The summed E-state index contributed by atoms with van der Waals surface area (Å²) >= 11 is 0. The van der Waals surface area contributed by atoms with Gasteiger partial charge in [-0.3, -0.25) is 0 Å². The Kier molecular flexibility index (Phi) is 4.96. The van der Waals surface area contributed by atoms with Crippen LogP contribution in [0.25, 0.3) is 11.0 Å². The molecule has 8 heteroatoms. The van der Waals surface area contributed by atoms with E-state index >= 15 is 0 Å². The van der Waals surface area contributed by atoms with E-state index < -0.39 is 6.36 Å². The van der Waals surface area contributed by atoms with Gasteiger partial charge in [-0.25, -0.2) is 4.98 Å². The Morgan fingerprint density at radius 2 is 2.21 bits per heavy atom. The highest BCUT2D eigenvalue weighted by Crippen LogP contribution is 2.28. The largest absolute Gasteiger partial charge is 0.573 e. The van der Waals surface area contributed by atoms with Crippen molar-refractivity contribution in [3.8, 4) is 5.75 Å². The van der Waals surface area contributed by atoms with Crippen molar-refractivity contribution in [2.24, 2.45) is 0 Å². The molecule has 2 aromatic rings. The summed E-state index contributed by atoms with van der Waals surface area (Å²) in [6.07, 6.45) is -1.99. The Balaban J connectivity index is 1.92. The number of alkyl halides is 3. The molecule has 1 aromatic carbocycles. The van der Waals surface area contributed by atoms with E-state index in [9.17, 15) is 13.2 Å². The molecule has 1 aliphatic heterocycles. The predicted molar refractivity (Wildman–Crippen MR) is 81.0 cm³/mol. The van der Waals surface area contributed by atoms with E-state index in [1.807, 2.05) is 4.57 Å². The van der Waals surface area contributed by atoms with Crippen molar-refractivity contribution < 1.29 is 27.4 Å². The number of nitrogens with zero attached hydrogens (tertiary/aromatic N) is 2. The molecule has 0 radical (unpaired) electrons. The third-order valence-corrected chi connectivity index (χ3v) is 3.99. The van der Waals surface area contributed by atoms with Crippen LogP contribution < -0.4 is 4.74 Å². The minimum atomic E-state index is -4.72. The normalized spacial score (nSPS) is 18.4. The molecule has 0 amide bonds. The molecule has 1 unspecified atom stereocenters. The van der Waals surface area contributed by atoms with Crippen LogP contribution in [0.1, 0.15) is 18.7 Å². The van der Waals surface area contributed by atoms with Gasteiger partial charge in [0.05, 0.1) is 23.7 Å². The van der Waals surface area contributed by atoms with Crippen molar-refractivity contribution in [3.05, 3.63) is 24.0 Å². The zero-order valence-electron chi connectivity index (χ0n) is 13.3. The summed E-state index contributed by atoms with van der Waals surface area (Å²) in [7, 11) is 1.61. The first-order valence-corrected chi connectivity index (χ1v) is 7.82. The quantitative estimate of drug-likeness (QED) is 0.807. The second-order valence-corrected chi connectivity index (χ2v) is 5.71. The molecular weight excluding hydrogens is 325 g/mol. The van der Waals surface area contributed by atoms with Gasteiger partial charge in [0.1, 0.15) is 11.6 Å². The van der Waals surface area contributed by atoms with Gasteiger partial charge in [-0.1, -0.05) is 0 Å². The summed E-state index contributed by atoms with van der Waals surface area (Å²) in [6.45, 7) is 1.81. The first-order chi connectivity index (χ1) is 11.5. The van der Waals surface area contributed by atoms with Gasteiger partial charge in [0.25, 0.3) is 0 Å². The molecule has 1 atom stereocenters. The number of rotatable bonds is 6. The highest BCUT2D eigenvalue weighted by molar-refractivity contribution is 5.77. The molecule has 3 rings (SSSR count). The van der Waals surface area contributed by atoms with Crippen molar-refractivity contribution in [2.75, 3.05) is 20.3 Å². The second-order valence-electron chi connectivity index (χ2n) is 5.71. The zero-order valence-corrected chi connectivity index (χ0v) is 13.3. The Hall–Kier alpha value is -1.80. The maximum absolute atomic E-state index is 12.4. The van der Waals surface area contributed by atoms with Crippen LogP contribution in [-0.2, 0) is 22.4 Å². The Morgan fingerprint density at radius 1 is 1.38 bits per heavy atom. The summed E-state index contributed by atoms with van der Waals surface area (Å²) < 4.78 is 53.9. The van der Waals surface area contributed by atoms with Crippen LogP contribution in [0, 0.1) is 0 Å². The Bertz CT molecular complexity index is 694. The lowest BCUT2D eigenvalue weighted by molar-refractivity contribution is -0.274. The molecule has 1 saturated heterocycles. The summed E-state index contributed by atoms with van der Waals surface area (Å²) in [5, 5.41) is 0. The smallest absolute Gasteiger partial charge is 0.406 e. The van der Waals surface area contributed by atoms with Gasteiger partial charge in [-0.15, -0.1) is 13.2 Å². The predicted octanol–water partition coefficient (Wildman–Crippen LogP) is 3.30. The third-order valence-electron chi connectivity index (χ3n) is 3.99. The minimum absolute atomic E-state index is 0.106. The number of aromatic nitrogens is 2.